The number of anilines is 2. The zero-order valence-corrected chi connectivity index (χ0v) is 12.7. The van der Waals surface area contributed by atoms with Gasteiger partial charge in [0, 0.05) is 28.9 Å². The van der Waals surface area contributed by atoms with Gasteiger partial charge in [-0.3, -0.25) is 0 Å². The molecule has 0 saturated heterocycles. The smallest absolute Gasteiger partial charge is 0.0568 e. The van der Waals surface area contributed by atoms with Crippen molar-refractivity contribution in [2.75, 3.05) is 17.2 Å². The maximum absolute atomic E-state index is 6.09. The van der Waals surface area contributed by atoms with E-state index in [1.165, 1.54) is 16.8 Å². The van der Waals surface area contributed by atoms with Gasteiger partial charge in [0.1, 0.15) is 0 Å². The number of nitrogens with one attached hydrogen (secondary N) is 2. The monoisotopic (exact) mass is 336 g/mol. The summed E-state index contributed by atoms with van der Waals surface area (Å²) in [6.07, 6.45) is 1.12. The van der Waals surface area contributed by atoms with E-state index in [9.17, 15) is 0 Å². The Bertz CT molecular complexity index is 613. The zero-order valence-electron chi connectivity index (χ0n) is 10.3. The van der Waals surface area contributed by atoms with Crippen molar-refractivity contribution in [1.82, 2.24) is 0 Å². The average Bonchev–Trinajstić information content (AvgIpc) is 2.89. The zero-order chi connectivity index (χ0) is 13.2. The van der Waals surface area contributed by atoms with E-state index in [2.05, 4.69) is 44.8 Å². The fourth-order valence-corrected chi connectivity index (χ4v) is 2.79. The first-order valence-electron chi connectivity index (χ1n) is 6.27. The Balaban J connectivity index is 1.76. The predicted octanol–water partition coefficient (Wildman–Crippen LogP) is 4.68. The molecule has 0 unspecified atom stereocenters. The molecule has 98 valence electrons. The van der Waals surface area contributed by atoms with E-state index in [4.69, 9.17) is 11.6 Å². The van der Waals surface area contributed by atoms with Crippen molar-refractivity contribution in [2.24, 2.45) is 0 Å². The molecule has 2 aromatic rings. The lowest BCUT2D eigenvalue weighted by Crippen LogP contribution is -2.03. The molecule has 3 rings (SSSR count). The summed E-state index contributed by atoms with van der Waals surface area (Å²) in [7, 11) is 0. The Kier molecular flexibility index (Phi) is 3.67. The van der Waals surface area contributed by atoms with Crippen LogP contribution in [-0.4, -0.2) is 6.54 Å². The van der Waals surface area contributed by atoms with Crippen molar-refractivity contribution in [3.8, 4) is 0 Å². The van der Waals surface area contributed by atoms with E-state index < -0.39 is 0 Å². The van der Waals surface area contributed by atoms with Gasteiger partial charge in [-0.2, -0.15) is 0 Å². The first-order chi connectivity index (χ1) is 9.24. The fourth-order valence-electron chi connectivity index (χ4n) is 2.36. The van der Waals surface area contributed by atoms with Crippen LogP contribution in [0.1, 0.15) is 11.1 Å². The van der Waals surface area contributed by atoms with Crippen LogP contribution in [0.15, 0.2) is 40.9 Å². The number of hydrogen-bond donors (Lipinski definition) is 2. The number of benzene rings is 2. The Labute approximate surface area is 126 Å². The molecule has 1 aliphatic heterocycles. The normalized spacial score (nSPS) is 12.9. The van der Waals surface area contributed by atoms with Crippen LogP contribution < -0.4 is 10.6 Å². The molecule has 2 N–H and O–H groups in total. The van der Waals surface area contributed by atoms with Crippen LogP contribution in [0, 0.1) is 0 Å². The fraction of sp³-hybridized carbons (Fsp3) is 0.200. The van der Waals surface area contributed by atoms with Gasteiger partial charge in [-0.15, -0.1) is 0 Å². The maximum Gasteiger partial charge on any atom is 0.0568 e. The highest BCUT2D eigenvalue weighted by molar-refractivity contribution is 9.10. The highest BCUT2D eigenvalue weighted by Crippen LogP contribution is 2.28. The molecule has 19 heavy (non-hydrogen) atoms. The van der Waals surface area contributed by atoms with Crippen molar-refractivity contribution in [3.05, 3.63) is 57.0 Å². The van der Waals surface area contributed by atoms with Crippen LogP contribution in [0.3, 0.4) is 0 Å². The minimum Gasteiger partial charge on any atom is -0.384 e. The third-order valence-electron chi connectivity index (χ3n) is 3.34. The third kappa shape index (κ3) is 2.72. The van der Waals surface area contributed by atoms with E-state index >= 15 is 0 Å². The summed E-state index contributed by atoms with van der Waals surface area (Å²) < 4.78 is 0.919. The minimum absolute atomic E-state index is 0.724. The van der Waals surface area contributed by atoms with Crippen molar-refractivity contribution >= 4 is 38.9 Å². The Morgan fingerprint density at radius 3 is 3.00 bits per heavy atom. The quantitative estimate of drug-likeness (QED) is 0.849. The lowest BCUT2D eigenvalue weighted by atomic mass is 10.1. The van der Waals surface area contributed by atoms with Crippen molar-refractivity contribution in [1.29, 1.82) is 0 Å². The number of fused-ring (bicyclic) bond motifs is 1. The van der Waals surface area contributed by atoms with Gasteiger partial charge in [-0.05, 0) is 51.7 Å². The second-order valence-corrected chi connectivity index (χ2v) is 5.87. The van der Waals surface area contributed by atoms with Crippen LogP contribution in [0.5, 0.6) is 0 Å². The van der Waals surface area contributed by atoms with Gasteiger partial charge >= 0.3 is 0 Å². The second-order valence-electron chi connectivity index (χ2n) is 4.61. The molecule has 0 radical (unpaired) electrons. The van der Waals surface area contributed by atoms with Crippen molar-refractivity contribution in [3.63, 3.8) is 0 Å². The number of para-hydroxylation sites is 1. The number of halogens is 2. The lowest BCUT2D eigenvalue weighted by Gasteiger charge is -2.11. The Morgan fingerprint density at radius 2 is 2.16 bits per heavy atom. The molecule has 0 amide bonds. The molecule has 0 spiro atoms. The molecule has 0 atom stereocenters. The maximum atomic E-state index is 6.09. The molecule has 1 heterocycles. The summed E-state index contributed by atoms with van der Waals surface area (Å²) >= 11 is 9.49. The third-order valence-corrected chi connectivity index (χ3v) is 4.57. The molecule has 0 fully saturated rings. The van der Waals surface area contributed by atoms with Gasteiger partial charge < -0.3 is 10.6 Å². The molecular formula is C15H14BrClN2. The van der Waals surface area contributed by atoms with Gasteiger partial charge in [-0.25, -0.2) is 0 Å². The SMILES string of the molecule is Clc1cc(NCc2cccc3c2NCC3)ccc1Br. The predicted molar refractivity (Wildman–Crippen MR) is 85.1 cm³/mol. The molecule has 2 aromatic carbocycles. The van der Waals surface area contributed by atoms with Gasteiger partial charge in [-0.1, -0.05) is 29.8 Å². The van der Waals surface area contributed by atoms with Crippen LogP contribution in [0.2, 0.25) is 5.02 Å². The van der Waals surface area contributed by atoms with E-state index in [-0.39, 0.29) is 0 Å². The van der Waals surface area contributed by atoms with E-state index in [1.54, 1.807) is 0 Å². The standard InChI is InChI=1S/C15H14BrClN2/c16-13-5-4-12(8-14(13)17)19-9-11-3-1-2-10-6-7-18-15(10)11/h1-5,8,18-19H,6-7,9H2. The highest BCUT2D eigenvalue weighted by Gasteiger charge is 2.13. The summed E-state index contributed by atoms with van der Waals surface area (Å²) in [5, 5.41) is 7.59. The van der Waals surface area contributed by atoms with Crippen LogP contribution in [-0.2, 0) is 13.0 Å². The highest BCUT2D eigenvalue weighted by atomic mass is 79.9. The first kappa shape index (κ1) is 12.8. The van der Waals surface area contributed by atoms with E-state index in [0.29, 0.717) is 0 Å². The Morgan fingerprint density at radius 1 is 1.26 bits per heavy atom. The average molecular weight is 338 g/mol. The second kappa shape index (κ2) is 5.43. The molecule has 0 aromatic heterocycles. The van der Waals surface area contributed by atoms with Gasteiger partial charge in [0.15, 0.2) is 0 Å². The summed E-state index contributed by atoms with van der Waals surface area (Å²) in [6.45, 7) is 1.84. The molecule has 0 bridgehead atoms. The minimum atomic E-state index is 0.724. The Hall–Kier alpha value is -1.19. The summed E-state index contributed by atoms with van der Waals surface area (Å²) in [6, 6.07) is 12.4. The van der Waals surface area contributed by atoms with Crippen molar-refractivity contribution < 1.29 is 0 Å². The molecule has 2 nitrogen and oxygen atoms in total. The lowest BCUT2D eigenvalue weighted by molar-refractivity contribution is 1.11. The van der Waals surface area contributed by atoms with E-state index in [0.717, 1.165) is 34.7 Å². The molecule has 0 saturated carbocycles. The molecular weight excluding hydrogens is 324 g/mol. The summed E-state index contributed by atoms with van der Waals surface area (Å²) in [4.78, 5) is 0. The van der Waals surface area contributed by atoms with Crippen LogP contribution in [0.25, 0.3) is 0 Å². The van der Waals surface area contributed by atoms with E-state index in [1.807, 2.05) is 18.2 Å². The van der Waals surface area contributed by atoms with Crippen LogP contribution >= 0.6 is 27.5 Å². The molecule has 1 aliphatic rings. The van der Waals surface area contributed by atoms with Gasteiger partial charge in [0.25, 0.3) is 0 Å². The van der Waals surface area contributed by atoms with Gasteiger partial charge in [0.05, 0.1) is 5.02 Å². The largest absolute Gasteiger partial charge is 0.384 e. The van der Waals surface area contributed by atoms with Crippen LogP contribution in [0.4, 0.5) is 11.4 Å². The van der Waals surface area contributed by atoms with Gasteiger partial charge in [0.2, 0.25) is 0 Å². The first-order valence-corrected chi connectivity index (χ1v) is 7.45. The molecule has 0 aliphatic carbocycles. The number of rotatable bonds is 3. The van der Waals surface area contributed by atoms with Crippen molar-refractivity contribution in [2.45, 2.75) is 13.0 Å². The summed E-state index contributed by atoms with van der Waals surface area (Å²) in [5.74, 6) is 0. The molecule has 4 heteroatoms. The topological polar surface area (TPSA) is 24.1 Å². The number of hydrogen-bond acceptors (Lipinski definition) is 2. The summed E-state index contributed by atoms with van der Waals surface area (Å²) in [5.41, 5.74) is 5.03.